The average Bonchev–Trinajstić information content (AvgIpc) is 2.42. The first-order valence-corrected chi connectivity index (χ1v) is 9.21. The van der Waals surface area contributed by atoms with Crippen molar-refractivity contribution in [3.63, 3.8) is 0 Å². The molecule has 0 rings (SSSR count). The van der Waals surface area contributed by atoms with Gasteiger partial charge in [-0.2, -0.15) is 0 Å². The zero-order valence-corrected chi connectivity index (χ0v) is 16.0. The lowest BCUT2D eigenvalue weighted by molar-refractivity contribution is 0.370. The highest BCUT2D eigenvalue weighted by Gasteiger charge is 2.07. The van der Waals surface area contributed by atoms with E-state index in [9.17, 15) is 0 Å². The van der Waals surface area contributed by atoms with Crippen LogP contribution in [0.2, 0.25) is 0 Å². The van der Waals surface area contributed by atoms with E-state index in [2.05, 4.69) is 63.8 Å². The lowest BCUT2D eigenvalue weighted by Crippen LogP contribution is -2.32. The summed E-state index contributed by atoms with van der Waals surface area (Å²) >= 11 is 0. The Balaban J connectivity index is 3.58. The van der Waals surface area contributed by atoms with E-state index in [1.807, 2.05) is 0 Å². The van der Waals surface area contributed by atoms with Gasteiger partial charge >= 0.3 is 0 Å². The fourth-order valence-electron chi connectivity index (χ4n) is 2.60. The average molecular weight is 312 g/mol. The van der Waals surface area contributed by atoms with Crippen LogP contribution in [-0.4, -0.2) is 43.2 Å². The molecule has 0 radical (unpaired) electrons. The van der Waals surface area contributed by atoms with Gasteiger partial charge in [0.25, 0.3) is 0 Å². The topological polar surface area (TPSA) is 27.3 Å². The maximum atomic E-state index is 4.24. The second kappa shape index (κ2) is 13.0. The lowest BCUT2D eigenvalue weighted by atomic mass is 10.1. The molecule has 0 bridgehead atoms. The van der Waals surface area contributed by atoms with E-state index in [1.54, 1.807) is 0 Å². The zero-order valence-electron chi connectivity index (χ0n) is 16.0. The van der Waals surface area contributed by atoms with Gasteiger partial charge in [0.1, 0.15) is 0 Å². The van der Waals surface area contributed by atoms with Crippen LogP contribution in [0.15, 0.2) is 12.3 Å². The SMILES string of the molecule is C=C(CCC(C)NC(C)C)N(C)CCCCCCNC(C)C. The van der Waals surface area contributed by atoms with Crippen LogP contribution in [0, 0.1) is 0 Å². The number of rotatable bonds is 14. The molecule has 2 N–H and O–H groups in total. The number of hydrogen-bond acceptors (Lipinski definition) is 3. The van der Waals surface area contributed by atoms with Crippen LogP contribution >= 0.6 is 0 Å². The summed E-state index contributed by atoms with van der Waals surface area (Å²) in [5.74, 6) is 0. The van der Waals surface area contributed by atoms with Gasteiger partial charge in [0.15, 0.2) is 0 Å². The van der Waals surface area contributed by atoms with Crippen molar-refractivity contribution in [3.8, 4) is 0 Å². The Morgan fingerprint density at radius 3 is 2.18 bits per heavy atom. The molecule has 0 aromatic rings. The van der Waals surface area contributed by atoms with E-state index in [4.69, 9.17) is 0 Å². The standard InChI is InChI=1S/C19H41N3/c1-16(2)20-14-10-8-9-11-15-22(7)19(6)13-12-18(5)21-17(3)4/h16-18,20-21H,6,8-15H2,1-5,7H3. The van der Waals surface area contributed by atoms with Crippen molar-refractivity contribution in [1.29, 1.82) is 0 Å². The first-order valence-electron chi connectivity index (χ1n) is 9.21. The summed E-state index contributed by atoms with van der Waals surface area (Å²) in [6.45, 7) is 17.6. The normalized spacial score (nSPS) is 12.9. The predicted molar refractivity (Wildman–Crippen MR) is 100 cm³/mol. The zero-order chi connectivity index (χ0) is 17.0. The summed E-state index contributed by atoms with van der Waals surface area (Å²) in [5, 5.41) is 7.02. The van der Waals surface area contributed by atoms with Gasteiger partial charge < -0.3 is 15.5 Å². The molecular weight excluding hydrogens is 270 g/mol. The molecule has 0 amide bonds. The molecule has 3 nitrogen and oxygen atoms in total. The second-order valence-corrected chi connectivity index (χ2v) is 7.27. The van der Waals surface area contributed by atoms with Crippen molar-refractivity contribution in [2.24, 2.45) is 0 Å². The van der Waals surface area contributed by atoms with Crippen LogP contribution in [0.25, 0.3) is 0 Å². The minimum atomic E-state index is 0.561. The molecule has 1 atom stereocenters. The van der Waals surface area contributed by atoms with Gasteiger partial charge in [0.05, 0.1) is 0 Å². The highest BCUT2D eigenvalue weighted by Crippen LogP contribution is 2.11. The molecule has 0 aliphatic heterocycles. The fraction of sp³-hybridized carbons (Fsp3) is 0.895. The van der Waals surface area contributed by atoms with Crippen molar-refractivity contribution in [1.82, 2.24) is 15.5 Å². The van der Waals surface area contributed by atoms with Crippen LogP contribution in [-0.2, 0) is 0 Å². The van der Waals surface area contributed by atoms with Crippen molar-refractivity contribution in [2.75, 3.05) is 20.1 Å². The van der Waals surface area contributed by atoms with Crippen molar-refractivity contribution in [3.05, 3.63) is 12.3 Å². The molecule has 0 saturated carbocycles. The number of nitrogens with one attached hydrogen (secondary N) is 2. The summed E-state index contributed by atoms with van der Waals surface area (Å²) in [7, 11) is 2.18. The third-order valence-electron chi connectivity index (χ3n) is 4.00. The molecule has 3 heteroatoms. The molecule has 0 aliphatic carbocycles. The second-order valence-electron chi connectivity index (χ2n) is 7.27. The minimum absolute atomic E-state index is 0.561. The summed E-state index contributed by atoms with van der Waals surface area (Å²) in [6, 6.07) is 1.74. The molecule has 0 aromatic heterocycles. The van der Waals surface area contributed by atoms with Crippen LogP contribution in [0.1, 0.15) is 73.1 Å². The van der Waals surface area contributed by atoms with E-state index in [0.717, 1.165) is 19.5 Å². The smallest absolute Gasteiger partial charge is 0.0171 e. The van der Waals surface area contributed by atoms with Crippen molar-refractivity contribution >= 4 is 0 Å². The summed E-state index contributed by atoms with van der Waals surface area (Å²) in [4.78, 5) is 2.34. The molecule has 132 valence electrons. The van der Waals surface area contributed by atoms with Crippen molar-refractivity contribution < 1.29 is 0 Å². The van der Waals surface area contributed by atoms with Crippen LogP contribution < -0.4 is 10.6 Å². The van der Waals surface area contributed by atoms with Crippen molar-refractivity contribution in [2.45, 2.75) is 91.3 Å². The Kier molecular flexibility index (Phi) is 12.6. The van der Waals surface area contributed by atoms with E-state index in [-0.39, 0.29) is 0 Å². The third kappa shape index (κ3) is 13.1. The minimum Gasteiger partial charge on any atom is -0.378 e. The Labute approximate surface area is 139 Å². The van der Waals surface area contributed by atoms with E-state index in [0.29, 0.717) is 18.1 Å². The molecule has 0 aromatic carbocycles. The van der Waals surface area contributed by atoms with Gasteiger partial charge in [-0.1, -0.05) is 47.1 Å². The largest absolute Gasteiger partial charge is 0.378 e. The number of allylic oxidation sites excluding steroid dienone is 1. The maximum absolute atomic E-state index is 4.24. The first-order chi connectivity index (χ1) is 10.3. The Hall–Kier alpha value is -0.540. The van der Waals surface area contributed by atoms with Gasteiger partial charge in [-0.3, -0.25) is 0 Å². The lowest BCUT2D eigenvalue weighted by Gasteiger charge is -2.24. The molecule has 1 unspecified atom stereocenters. The van der Waals surface area contributed by atoms with E-state index in [1.165, 1.54) is 37.8 Å². The van der Waals surface area contributed by atoms with Gasteiger partial charge in [-0.25, -0.2) is 0 Å². The molecule has 0 fully saturated rings. The van der Waals surface area contributed by atoms with Crippen LogP contribution in [0.3, 0.4) is 0 Å². The molecule has 0 saturated heterocycles. The summed E-state index contributed by atoms with van der Waals surface area (Å²) < 4.78 is 0. The van der Waals surface area contributed by atoms with Gasteiger partial charge in [-0.15, -0.1) is 0 Å². The molecule has 0 spiro atoms. The fourth-order valence-corrected chi connectivity index (χ4v) is 2.60. The molecule has 0 aliphatic rings. The highest BCUT2D eigenvalue weighted by atomic mass is 15.1. The quantitative estimate of drug-likeness (QED) is 0.472. The van der Waals surface area contributed by atoms with Gasteiger partial charge in [0.2, 0.25) is 0 Å². The Morgan fingerprint density at radius 2 is 1.59 bits per heavy atom. The summed E-state index contributed by atoms with van der Waals surface area (Å²) in [6.07, 6.45) is 7.48. The van der Waals surface area contributed by atoms with Crippen LogP contribution in [0.5, 0.6) is 0 Å². The number of unbranched alkanes of at least 4 members (excludes halogenated alkanes) is 3. The number of nitrogens with zero attached hydrogens (tertiary/aromatic N) is 1. The predicted octanol–water partition coefficient (Wildman–Crippen LogP) is 4.16. The first kappa shape index (κ1) is 21.5. The number of hydrogen-bond donors (Lipinski definition) is 2. The third-order valence-corrected chi connectivity index (χ3v) is 4.00. The molecular formula is C19H41N3. The summed E-state index contributed by atoms with van der Waals surface area (Å²) in [5.41, 5.74) is 1.28. The molecule has 0 heterocycles. The Morgan fingerprint density at radius 1 is 0.955 bits per heavy atom. The highest BCUT2D eigenvalue weighted by molar-refractivity contribution is 4.93. The van der Waals surface area contributed by atoms with E-state index < -0.39 is 0 Å². The Bertz CT molecular complexity index is 274. The van der Waals surface area contributed by atoms with Crippen LogP contribution in [0.4, 0.5) is 0 Å². The van der Waals surface area contributed by atoms with Gasteiger partial charge in [-0.05, 0) is 39.2 Å². The van der Waals surface area contributed by atoms with E-state index >= 15 is 0 Å². The monoisotopic (exact) mass is 311 g/mol. The van der Waals surface area contributed by atoms with Gasteiger partial charge in [0, 0.05) is 37.4 Å². The molecule has 22 heavy (non-hydrogen) atoms. The maximum Gasteiger partial charge on any atom is 0.0171 e.